The maximum Gasteiger partial charge on any atom is 0.331 e. The summed E-state index contributed by atoms with van der Waals surface area (Å²) >= 11 is 0. The van der Waals surface area contributed by atoms with Crippen molar-refractivity contribution in [1.82, 2.24) is 24.4 Å². The number of fused-ring (bicyclic) bond motifs is 1. The van der Waals surface area contributed by atoms with E-state index in [1.807, 2.05) is 0 Å². The predicted molar refractivity (Wildman–Crippen MR) is 106 cm³/mol. The van der Waals surface area contributed by atoms with E-state index in [0.29, 0.717) is 18.7 Å². The first kappa shape index (κ1) is 23.9. The number of imidazole rings is 1. The van der Waals surface area contributed by atoms with Crippen molar-refractivity contribution in [3.8, 4) is 5.88 Å². The highest BCUT2D eigenvalue weighted by Crippen LogP contribution is 2.47. The van der Waals surface area contributed by atoms with E-state index in [0.717, 1.165) is 0 Å². The quantitative estimate of drug-likeness (QED) is 0.376. The van der Waals surface area contributed by atoms with Crippen LogP contribution < -0.4 is 0 Å². The molecular weight excluding hydrogens is 424 g/mol. The van der Waals surface area contributed by atoms with Gasteiger partial charge in [-0.3, -0.25) is 9.13 Å². The molecule has 0 fully saturated rings. The number of hydrogen-bond donors (Lipinski definition) is 3. The third-order valence-corrected chi connectivity index (χ3v) is 6.92. The van der Waals surface area contributed by atoms with Crippen molar-refractivity contribution in [2.24, 2.45) is 0 Å². The second kappa shape index (κ2) is 10.6. The lowest BCUT2D eigenvalue weighted by Crippen LogP contribution is -2.33. The SMILES string of the molecule is CCOP(=O)(CCN(CCn1cnc2c(O)ncnc21)CCP(=O)(O)O)OCC. The molecule has 0 spiro atoms. The van der Waals surface area contributed by atoms with Gasteiger partial charge in [0.2, 0.25) is 5.88 Å². The molecule has 0 radical (unpaired) electrons. The van der Waals surface area contributed by atoms with E-state index in [1.54, 1.807) is 23.3 Å². The molecule has 0 saturated heterocycles. The van der Waals surface area contributed by atoms with E-state index in [4.69, 9.17) is 9.05 Å². The monoisotopic (exact) mass is 451 g/mol. The highest BCUT2D eigenvalue weighted by atomic mass is 31.2. The molecule has 0 aliphatic carbocycles. The zero-order valence-electron chi connectivity index (χ0n) is 16.4. The molecule has 0 bridgehead atoms. The third-order valence-electron chi connectivity index (χ3n) is 4.09. The minimum atomic E-state index is -4.18. The summed E-state index contributed by atoms with van der Waals surface area (Å²) in [6.45, 7) is 5.07. The topological polar surface area (TPSA) is 160 Å². The number of nitrogens with zero attached hydrogens (tertiary/aromatic N) is 5. The third kappa shape index (κ3) is 7.42. The van der Waals surface area contributed by atoms with Crippen molar-refractivity contribution in [2.75, 3.05) is 45.2 Å². The Morgan fingerprint density at radius 3 is 2.31 bits per heavy atom. The molecule has 2 rings (SSSR count). The molecule has 12 nitrogen and oxygen atoms in total. The maximum atomic E-state index is 12.7. The minimum absolute atomic E-state index is 0.101. The average Bonchev–Trinajstić information content (AvgIpc) is 3.05. The first-order valence-corrected chi connectivity index (χ1v) is 12.7. The van der Waals surface area contributed by atoms with Crippen LogP contribution in [0.25, 0.3) is 11.2 Å². The number of rotatable bonds is 13. The van der Waals surface area contributed by atoms with Crippen molar-refractivity contribution in [3.63, 3.8) is 0 Å². The molecule has 0 aliphatic rings. The Morgan fingerprint density at radius 2 is 1.69 bits per heavy atom. The highest BCUT2D eigenvalue weighted by Gasteiger charge is 2.25. The van der Waals surface area contributed by atoms with Gasteiger partial charge in [-0.2, -0.15) is 4.98 Å². The second-order valence-electron chi connectivity index (χ2n) is 6.21. The molecule has 29 heavy (non-hydrogen) atoms. The lowest BCUT2D eigenvalue weighted by Gasteiger charge is -2.25. The van der Waals surface area contributed by atoms with Crippen molar-refractivity contribution in [3.05, 3.63) is 12.7 Å². The van der Waals surface area contributed by atoms with Crippen LogP contribution in [-0.2, 0) is 24.7 Å². The molecular formula is C15H27N5O7P2. The Labute approximate surface area is 168 Å². The van der Waals surface area contributed by atoms with Crippen molar-refractivity contribution in [2.45, 2.75) is 20.4 Å². The van der Waals surface area contributed by atoms with E-state index in [1.165, 1.54) is 12.7 Å². The Bertz CT molecular complexity index is 877. The van der Waals surface area contributed by atoms with Crippen molar-refractivity contribution >= 4 is 26.4 Å². The highest BCUT2D eigenvalue weighted by molar-refractivity contribution is 7.53. The Balaban J connectivity index is 2.07. The maximum absolute atomic E-state index is 12.7. The van der Waals surface area contributed by atoms with Crippen LogP contribution in [0.3, 0.4) is 0 Å². The van der Waals surface area contributed by atoms with Gasteiger partial charge in [0.25, 0.3) is 0 Å². The summed E-state index contributed by atoms with van der Waals surface area (Å²) in [7, 11) is -7.46. The van der Waals surface area contributed by atoms with Crippen LogP contribution in [0, 0.1) is 0 Å². The fourth-order valence-electron chi connectivity index (χ4n) is 2.71. The van der Waals surface area contributed by atoms with E-state index in [9.17, 15) is 24.0 Å². The van der Waals surface area contributed by atoms with Gasteiger partial charge in [0.15, 0.2) is 11.2 Å². The Hall–Kier alpha value is -1.39. The van der Waals surface area contributed by atoms with E-state index in [-0.39, 0.29) is 50.0 Å². The lowest BCUT2D eigenvalue weighted by atomic mass is 10.4. The molecule has 2 heterocycles. The lowest BCUT2D eigenvalue weighted by molar-refractivity contribution is 0.211. The Kier molecular flexibility index (Phi) is 8.72. The normalized spacial score (nSPS) is 12.9. The molecule has 0 unspecified atom stereocenters. The average molecular weight is 451 g/mol. The van der Waals surface area contributed by atoms with E-state index in [2.05, 4.69) is 15.0 Å². The molecule has 0 aromatic carbocycles. The smallest absolute Gasteiger partial charge is 0.331 e. The summed E-state index contributed by atoms with van der Waals surface area (Å²) in [5.74, 6) is -0.221. The summed E-state index contributed by atoms with van der Waals surface area (Å²) in [6, 6.07) is 0. The fourth-order valence-corrected chi connectivity index (χ4v) is 4.90. The summed E-state index contributed by atoms with van der Waals surface area (Å²) in [4.78, 5) is 32.0. The van der Waals surface area contributed by atoms with Crippen LogP contribution in [0.1, 0.15) is 13.8 Å². The molecule has 3 N–H and O–H groups in total. The van der Waals surface area contributed by atoms with E-state index >= 15 is 0 Å². The van der Waals surface area contributed by atoms with Crippen molar-refractivity contribution < 1.29 is 33.1 Å². The summed E-state index contributed by atoms with van der Waals surface area (Å²) in [5, 5.41) is 9.73. The van der Waals surface area contributed by atoms with Crippen LogP contribution in [0.2, 0.25) is 0 Å². The van der Waals surface area contributed by atoms with Gasteiger partial charge < -0.3 is 33.4 Å². The molecule has 0 saturated carbocycles. The zero-order chi connectivity index (χ0) is 21.5. The minimum Gasteiger partial charge on any atom is -0.492 e. The van der Waals surface area contributed by atoms with Gasteiger partial charge in [-0.1, -0.05) is 0 Å². The molecule has 164 valence electrons. The Morgan fingerprint density at radius 1 is 1.03 bits per heavy atom. The molecule has 0 atom stereocenters. The van der Waals surface area contributed by atoms with Crippen LogP contribution >= 0.6 is 15.2 Å². The predicted octanol–water partition coefficient (Wildman–Crippen LogP) is 1.28. The largest absolute Gasteiger partial charge is 0.492 e. The van der Waals surface area contributed by atoms with Crippen LogP contribution in [0.4, 0.5) is 0 Å². The zero-order valence-corrected chi connectivity index (χ0v) is 18.2. The van der Waals surface area contributed by atoms with Gasteiger partial charge >= 0.3 is 15.2 Å². The molecule has 2 aromatic rings. The standard InChI is InChI=1S/C15H27N5O7P2/c1-3-26-29(25,27-4-2)10-8-19(7-9-28(22,23)24)5-6-20-12-18-13-14(20)16-11-17-15(13)21/h11-12H,3-10H2,1-2H3,(H,16,17,21)(H2,22,23,24). The van der Waals surface area contributed by atoms with Crippen molar-refractivity contribution in [1.29, 1.82) is 0 Å². The number of hydrogen-bond acceptors (Lipinski definition) is 9. The first-order valence-electron chi connectivity index (χ1n) is 9.17. The summed E-state index contributed by atoms with van der Waals surface area (Å²) in [5.41, 5.74) is 0.716. The van der Waals surface area contributed by atoms with Gasteiger partial charge in [-0.05, 0) is 13.8 Å². The molecule has 0 amide bonds. The van der Waals surface area contributed by atoms with Gasteiger partial charge in [0.1, 0.15) is 6.33 Å². The molecule has 2 aromatic heterocycles. The van der Waals surface area contributed by atoms with Gasteiger partial charge in [0, 0.05) is 26.2 Å². The van der Waals surface area contributed by atoms with E-state index < -0.39 is 15.2 Å². The summed E-state index contributed by atoms with van der Waals surface area (Å²) < 4.78 is 36.2. The van der Waals surface area contributed by atoms with Crippen LogP contribution in [0.5, 0.6) is 5.88 Å². The second-order valence-corrected chi connectivity index (χ2v) is 10.2. The first-order chi connectivity index (χ1) is 13.7. The van der Waals surface area contributed by atoms with Crippen LogP contribution in [0.15, 0.2) is 12.7 Å². The summed E-state index contributed by atoms with van der Waals surface area (Å²) in [6.07, 6.45) is 2.50. The van der Waals surface area contributed by atoms with Gasteiger partial charge in [-0.15, -0.1) is 0 Å². The van der Waals surface area contributed by atoms with Gasteiger partial charge in [0.05, 0.1) is 31.9 Å². The molecule has 0 aliphatic heterocycles. The number of aromatic nitrogens is 4. The van der Waals surface area contributed by atoms with Crippen LogP contribution in [-0.4, -0.2) is 84.5 Å². The number of aromatic hydroxyl groups is 1. The molecule has 14 heteroatoms. The fraction of sp³-hybridized carbons (Fsp3) is 0.667. The van der Waals surface area contributed by atoms with Gasteiger partial charge in [-0.25, -0.2) is 9.97 Å².